The highest BCUT2D eigenvalue weighted by molar-refractivity contribution is 7.89. The number of fused-ring (bicyclic) bond motifs is 3. The van der Waals surface area contributed by atoms with E-state index in [-0.39, 0.29) is 4.90 Å². The first kappa shape index (κ1) is 21.8. The second-order valence-electron chi connectivity index (χ2n) is 8.50. The van der Waals surface area contributed by atoms with Crippen molar-refractivity contribution >= 4 is 50.5 Å². The molecule has 31 heavy (non-hydrogen) atoms. The maximum absolute atomic E-state index is 12.5. The molecule has 0 amide bonds. The van der Waals surface area contributed by atoms with Crippen LogP contribution < -0.4 is 10.2 Å². The normalized spacial score (nSPS) is 18.0. The lowest BCUT2D eigenvalue weighted by atomic mass is 9.78. The summed E-state index contributed by atoms with van der Waals surface area (Å²) < 4.78 is 49.7. The predicted octanol–water partition coefficient (Wildman–Crippen LogP) is 2.34. The highest BCUT2D eigenvalue weighted by atomic mass is 32.2. The standard InChI is InChI=1S/C21H24BNO7S/c1-20(2)21(3,4)30-22(29-20)13-6-9-17-16(10-13)15-8-7-14(11-18(15)28-17)31(25,26)23-12-19(24)27-5/h6-11,23H,12H2,1-5H3. The fourth-order valence-corrected chi connectivity index (χ4v) is 4.36. The Morgan fingerprint density at radius 1 is 1.00 bits per heavy atom. The van der Waals surface area contributed by atoms with Gasteiger partial charge in [0, 0.05) is 16.8 Å². The molecule has 0 bridgehead atoms. The number of furan rings is 1. The van der Waals surface area contributed by atoms with E-state index in [0.717, 1.165) is 16.2 Å². The lowest BCUT2D eigenvalue weighted by Gasteiger charge is -2.32. The van der Waals surface area contributed by atoms with Crippen LogP contribution in [0.1, 0.15) is 27.7 Å². The molecule has 0 atom stereocenters. The van der Waals surface area contributed by atoms with E-state index in [1.165, 1.54) is 19.2 Å². The summed E-state index contributed by atoms with van der Waals surface area (Å²) in [6, 6.07) is 10.2. The topological polar surface area (TPSA) is 104 Å². The van der Waals surface area contributed by atoms with E-state index in [1.54, 1.807) is 6.07 Å². The number of nitrogens with one attached hydrogen (secondary N) is 1. The zero-order chi connectivity index (χ0) is 22.6. The molecule has 164 valence electrons. The lowest BCUT2D eigenvalue weighted by molar-refractivity contribution is -0.139. The highest BCUT2D eigenvalue weighted by Gasteiger charge is 2.51. The Labute approximate surface area is 181 Å². The Morgan fingerprint density at radius 2 is 1.68 bits per heavy atom. The van der Waals surface area contributed by atoms with Crippen molar-refractivity contribution in [3.8, 4) is 0 Å². The van der Waals surface area contributed by atoms with Crippen LogP contribution in [0.4, 0.5) is 0 Å². The summed E-state index contributed by atoms with van der Waals surface area (Å²) in [6.07, 6.45) is 0. The van der Waals surface area contributed by atoms with Crippen LogP contribution in [0.5, 0.6) is 0 Å². The number of carbonyl (C=O) groups excluding carboxylic acids is 1. The number of sulfonamides is 1. The zero-order valence-corrected chi connectivity index (χ0v) is 18.8. The maximum Gasteiger partial charge on any atom is 0.494 e. The number of methoxy groups -OCH3 is 1. The third-order valence-corrected chi connectivity index (χ3v) is 7.34. The molecule has 10 heteroatoms. The van der Waals surface area contributed by atoms with Gasteiger partial charge in [-0.2, -0.15) is 4.72 Å². The van der Waals surface area contributed by atoms with Crippen LogP contribution in [-0.2, 0) is 28.9 Å². The predicted molar refractivity (Wildman–Crippen MR) is 117 cm³/mol. The third kappa shape index (κ3) is 3.85. The van der Waals surface area contributed by atoms with Gasteiger partial charge in [0.2, 0.25) is 10.0 Å². The molecule has 1 fully saturated rings. The minimum Gasteiger partial charge on any atom is -0.468 e. The van der Waals surface area contributed by atoms with Crippen LogP contribution in [0.25, 0.3) is 21.9 Å². The molecular weight excluding hydrogens is 421 g/mol. The van der Waals surface area contributed by atoms with Crippen molar-refractivity contribution in [2.24, 2.45) is 0 Å². The molecule has 2 aromatic carbocycles. The molecule has 1 aliphatic rings. The molecule has 1 N–H and O–H groups in total. The fraction of sp³-hybridized carbons (Fsp3) is 0.381. The van der Waals surface area contributed by atoms with Gasteiger partial charge in [-0.25, -0.2) is 8.42 Å². The molecule has 1 aliphatic heterocycles. The van der Waals surface area contributed by atoms with E-state index >= 15 is 0 Å². The second kappa shape index (κ2) is 7.34. The van der Waals surface area contributed by atoms with E-state index in [2.05, 4.69) is 9.46 Å². The number of esters is 1. The molecule has 0 unspecified atom stereocenters. The van der Waals surface area contributed by atoms with Crippen LogP contribution in [0, 0.1) is 0 Å². The summed E-state index contributed by atoms with van der Waals surface area (Å²) in [5, 5.41) is 1.59. The van der Waals surface area contributed by atoms with Crippen LogP contribution in [0.3, 0.4) is 0 Å². The minimum atomic E-state index is -3.89. The van der Waals surface area contributed by atoms with Gasteiger partial charge < -0.3 is 18.5 Å². The van der Waals surface area contributed by atoms with E-state index < -0.39 is 40.9 Å². The van der Waals surface area contributed by atoms with Crippen LogP contribution in [0.15, 0.2) is 45.7 Å². The Kier molecular flexibility index (Phi) is 5.17. The molecule has 3 aromatic rings. The minimum absolute atomic E-state index is 0.00542. The van der Waals surface area contributed by atoms with Crippen molar-refractivity contribution < 1.29 is 31.7 Å². The SMILES string of the molecule is COC(=O)CNS(=O)(=O)c1ccc2c(c1)oc1ccc(B3OC(C)(C)C(C)(C)O3)cc12. The van der Waals surface area contributed by atoms with Crippen molar-refractivity contribution in [2.45, 2.75) is 43.8 Å². The third-order valence-electron chi connectivity index (χ3n) is 5.94. The second-order valence-corrected chi connectivity index (χ2v) is 10.3. The van der Waals surface area contributed by atoms with Crippen molar-refractivity contribution in [1.29, 1.82) is 0 Å². The number of hydrogen-bond acceptors (Lipinski definition) is 7. The smallest absolute Gasteiger partial charge is 0.468 e. The first-order valence-corrected chi connectivity index (χ1v) is 11.3. The fourth-order valence-electron chi connectivity index (χ4n) is 3.38. The molecule has 1 aromatic heterocycles. The number of hydrogen-bond donors (Lipinski definition) is 1. The zero-order valence-electron chi connectivity index (χ0n) is 18.0. The van der Waals surface area contributed by atoms with Gasteiger partial charge in [0.15, 0.2) is 0 Å². The van der Waals surface area contributed by atoms with Crippen molar-refractivity contribution in [2.75, 3.05) is 13.7 Å². The lowest BCUT2D eigenvalue weighted by Crippen LogP contribution is -2.41. The Bertz CT molecular complexity index is 1260. The molecule has 4 rings (SSSR count). The Balaban J connectivity index is 1.69. The number of rotatable bonds is 5. The monoisotopic (exact) mass is 445 g/mol. The summed E-state index contributed by atoms with van der Waals surface area (Å²) in [4.78, 5) is 11.2. The van der Waals surface area contributed by atoms with Crippen molar-refractivity contribution in [1.82, 2.24) is 4.72 Å². The summed E-state index contributed by atoms with van der Waals surface area (Å²) in [5.74, 6) is -0.677. The number of carbonyl (C=O) groups is 1. The molecule has 0 radical (unpaired) electrons. The van der Waals surface area contributed by atoms with E-state index in [1.807, 2.05) is 45.9 Å². The van der Waals surface area contributed by atoms with Crippen molar-refractivity contribution in [3.05, 3.63) is 36.4 Å². The van der Waals surface area contributed by atoms with Gasteiger partial charge in [-0.05, 0) is 51.4 Å². The number of ether oxygens (including phenoxy) is 1. The van der Waals surface area contributed by atoms with Gasteiger partial charge in [0.05, 0.1) is 23.2 Å². The van der Waals surface area contributed by atoms with Gasteiger partial charge in [-0.15, -0.1) is 0 Å². The molecule has 0 saturated carbocycles. The molecule has 1 saturated heterocycles. The molecule has 8 nitrogen and oxygen atoms in total. The Hall–Kier alpha value is -2.40. The molecule has 0 spiro atoms. The van der Waals surface area contributed by atoms with Gasteiger partial charge in [-0.1, -0.05) is 12.1 Å². The molecule has 2 heterocycles. The summed E-state index contributed by atoms with van der Waals surface area (Å²) in [5.41, 5.74) is 0.983. The largest absolute Gasteiger partial charge is 0.494 e. The number of benzene rings is 2. The van der Waals surface area contributed by atoms with E-state index in [0.29, 0.717) is 11.2 Å². The molecular formula is C21H24BNO7S. The summed E-state index contributed by atoms with van der Waals surface area (Å²) in [7, 11) is -3.22. The summed E-state index contributed by atoms with van der Waals surface area (Å²) in [6.45, 7) is 7.53. The van der Waals surface area contributed by atoms with Crippen LogP contribution >= 0.6 is 0 Å². The van der Waals surface area contributed by atoms with Gasteiger partial charge >= 0.3 is 13.1 Å². The van der Waals surface area contributed by atoms with E-state index in [4.69, 9.17) is 13.7 Å². The van der Waals surface area contributed by atoms with Crippen LogP contribution in [0.2, 0.25) is 0 Å². The van der Waals surface area contributed by atoms with Gasteiger partial charge in [0.1, 0.15) is 17.7 Å². The van der Waals surface area contributed by atoms with Gasteiger partial charge in [0.25, 0.3) is 0 Å². The van der Waals surface area contributed by atoms with E-state index in [9.17, 15) is 13.2 Å². The quantitative estimate of drug-likeness (QED) is 0.475. The average molecular weight is 445 g/mol. The van der Waals surface area contributed by atoms with Gasteiger partial charge in [-0.3, -0.25) is 4.79 Å². The highest BCUT2D eigenvalue weighted by Crippen LogP contribution is 2.37. The summed E-state index contributed by atoms with van der Waals surface area (Å²) >= 11 is 0. The first-order chi connectivity index (χ1) is 14.4. The maximum atomic E-state index is 12.5. The molecule has 0 aliphatic carbocycles. The average Bonchev–Trinajstić information content (AvgIpc) is 3.18. The van der Waals surface area contributed by atoms with Crippen LogP contribution in [-0.4, -0.2) is 46.4 Å². The first-order valence-electron chi connectivity index (χ1n) is 9.82. The van der Waals surface area contributed by atoms with Crippen molar-refractivity contribution in [3.63, 3.8) is 0 Å². The Morgan fingerprint density at radius 3 is 2.32 bits per heavy atom.